The van der Waals surface area contributed by atoms with Crippen molar-refractivity contribution in [2.75, 3.05) is 20.0 Å². The zero-order valence-electron chi connectivity index (χ0n) is 15.1. The molecule has 4 rings (SSSR count). The molecular weight excluding hydrogens is 314 g/mol. The van der Waals surface area contributed by atoms with Crippen molar-refractivity contribution in [1.29, 1.82) is 0 Å². The summed E-state index contributed by atoms with van der Waals surface area (Å²) in [7, 11) is 3.48. The highest BCUT2D eigenvalue weighted by Gasteiger charge is 2.47. The van der Waals surface area contributed by atoms with Crippen LogP contribution in [0.1, 0.15) is 44.6 Å². The van der Waals surface area contributed by atoms with Gasteiger partial charge in [0.05, 0.1) is 31.1 Å². The fourth-order valence-corrected chi connectivity index (χ4v) is 4.93. The molecule has 1 heterocycles. The number of nitrogens with zero attached hydrogens (tertiary/aromatic N) is 2. The van der Waals surface area contributed by atoms with Gasteiger partial charge in [-0.25, -0.2) is 0 Å². The molecule has 1 aromatic heterocycles. The lowest BCUT2D eigenvalue weighted by molar-refractivity contribution is 0.0659. The molecule has 2 aliphatic rings. The standard InChI is InChI=1S/C20H27N3O2/c1-24-18-11-20(8-3-4-9-20)10-17(18)23-13-14(12-22-23)15-6-5-7-16(21)19(15)25-2/h5-7,12-13,17-18H,3-4,8-11,21H2,1-2H3/t17?,18-/m1/s1. The number of para-hydroxylation sites is 1. The summed E-state index contributed by atoms with van der Waals surface area (Å²) in [5.74, 6) is 0.712. The van der Waals surface area contributed by atoms with Gasteiger partial charge < -0.3 is 15.2 Å². The summed E-state index contributed by atoms with van der Waals surface area (Å²) >= 11 is 0. The number of benzene rings is 1. The van der Waals surface area contributed by atoms with E-state index in [-0.39, 0.29) is 6.10 Å². The zero-order chi connectivity index (χ0) is 17.4. The van der Waals surface area contributed by atoms with Gasteiger partial charge in [0, 0.05) is 24.4 Å². The molecule has 2 atom stereocenters. The molecule has 0 bridgehead atoms. The third-order valence-electron chi connectivity index (χ3n) is 6.17. The van der Waals surface area contributed by atoms with Crippen LogP contribution < -0.4 is 10.5 Å². The molecule has 1 aromatic carbocycles. The number of rotatable bonds is 4. The van der Waals surface area contributed by atoms with Crippen LogP contribution in [0.25, 0.3) is 11.1 Å². The summed E-state index contributed by atoms with van der Waals surface area (Å²) < 4.78 is 13.4. The molecule has 2 aliphatic carbocycles. The number of nitrogens with two attached hydrogens (primary N) is 1. The molecule has 2 aromatic rings. The second kappa shape index (κ2) is 6.37. The van der Waals surface area contributed by atoms with E-state index in [1.165, 1.54) is 32.1 Å². The largest absolute Gasteiger partial charge is 0.494 e. The van der Waals surface area contributed by atoms with Crippen molar-refractivity contribution < 1.29 is 9.47 Å². The summed E-state index contributed by atoms with van der Waals surface area (Å²) in [6.45, 7) is 0. The van der Waals surface area contributed by atoms with Crippen molar-refractivity contribution >= 4 is 5.69 Å². The minimum Gasteiger partial charge on any atom is -0.494 e. The minimum absolute atomic E-state index is 0.244. The summed E-state index contributed by atoms with van der Waals surface area (Å²) in [6, 6.07) is 6.14. The number of ether oxygens (including phenoxy) is 2. The Morgan fingerprint density at radius 2 is 2.00 bits per heavy atom. The maximum Gasteiger partial charge on any atom is 0.149 e. The fourth-order valence-electron chi connectivity index (χ4n) is 4.93. The molecule has 2 saturated carbocycles. The van der Waals surface area contributed by atoms with Crippen molar-refractivity contribution in [1.82, 2.24) is 9.78 Å². The number of nitrogen functional groups attached to an aromatic ring is 1. The Bertz CT molecular complexity index is 749. The van der Waals surface area contributed by atoms with Crippen molar-refractivity contribution in [3.63, 3.8) is 0 Å². The first kappa shape index (κ1) is 16.5. The van der Waals surface area contributed by atoms with Crippen LogP contribution in [0.4, 0.5) is 5.69 Å². The van der Waals surface area contributed by atoms with Crippen LogP contribution in [-0.4, -0.2) is 30.1 Å². The normalized spacial score (nSPS) is 24.9. The van der Waals surface area contributed by atoms with E-state index in [4.69, 9.17) is 15.2 Å². The van der Waals surface area contributed by atoms with E-state index < -0.39 is 0 Å². The third kappa shape index (κ3) is 2.80. The highest BCUT2D eigenvalue weighted by molar-refractivity contribution is 5.76. The van der Waals surface area contributed by atoms with Crippen molar-refractivity contribution in [2.45, 2.75) is 50.7 Å². The van der Waals surface area contributed by atoms with E-state index in [2.05, 4.69) is 16.0 Å². The van der Waals surface area contributed by atoms with Crippen LogP contribution in [0.2, 0.25) is 0 Å². The first-order valence-electron chi connectivity index (χ1n) is 9.16. The Labute approximate surface area is 149 Å². The molecule has 2 fully saturated rings. The smallest absolute Gasteiger partial charge is 0.149 e. The molecule has 134 valence electrons. The van der Waals surface area contributed by atoms with E-state index in [1.54, 1.807) is 7.11 Å². The first-order chi connectivity index (χ1) is 12.2. The molecule has 1 spiro atoms. The van der Waals surface area contributed by atoms with Gasteiger partial charge in [0.1, 0.15) is 5.75 Å². The number of hydrogen-bond donors (Lipinski definition) is 1. The van der Waals surface area contributed by atoms with Crippen LogP contribution in [-0.2, 0) is 4.74 Å². The van der Waals surface area contributed by atoms with Gasteiger partial charge in [0.25, 0.3) is 0 Å². The van der Waals surface area contributed by atoms with E-state index in [0.29, 0.717) is 22.9 Å². The van der Waals surface area contributed by atoms with E-state index in [0.717, 1.165) is 17.5 Å². The molecule has 0 saturated heterocycles. The molecular formula is C20H27N3O2. The van der Waals surface area contributed by atoms with Gasteiger partial charge in [-0.2, -0.15) is 5.10 Å². The number of anilines is 1. The molecule has 25 heavy (non-hydrogen) atoms. The van der Waals surface area contributed by atoms with Crippen molar-refractivity contribution in [3.8, 4) is 16.9 Å². The summed E-state index contributed by atoms with van der Waals surface area (Å²) in [4.78, 5) is 0. The highest BCUT2D eigenvalue weighted by atomic mass is 16.5. The van der Waals surface area contributed by atoms with Gasteiger partial charge in [0.2, 0.25) is 0 Å². The maximum atomic E-state index is 6.05. The Hall–Kier alpha value is -2.01. The topological polar surface area (TPSA) is 62.3 Å². The molecule has 5 heteroatoms. The lowest BCUT2D eigenvalue weighted by Crippen LogP contribution is -2.20. The zero-order valence-corrected chi connectivity index (χ0v) is 15.1. The quantitative estimate of drug-likeness (QED) is 0.852. The van der Waals surface area contributed by atoms with Gasteiger partial charge in [-0.3, -0.25) is 4.68 Å². The monoisotopic (exact) mass is 341 g/mol. The molecule has 0 amide bonds. The average Bonchev–Trinajstić information content (AvgIpc) is 3.35. The Morgan fingerprint density at radius 1 is 1.20 bits per heavy atom. The van der Waals surface area contributed by atoms with Crippen molar-refractivity contribution in [2.24, 2.45) is 5.41 Å². The van der Waals surface area contributed by atoms with E-state index >= 15 is 0 Å². The number of methoxy groups -OCH3 is 2. The Morgan fingerprint density at radius 3 is 2.72 bits per heavy atom. The van der Waals surface area contributed by atoms with Crippen LogP contribution in [0.3, 0.4) is 0 Å². The highest BCUT2D eigenvalue weighted by Crippen LogP contribution is 2.54. The molecule has 5 nitrogen and oxygen atoms in total. The van der Waals surface area contributed by atoms with Crippen molar-refractivity contribution in [3.05, 3.63) is 30.6 Å². The minimum atomic E-state index is 0.244. The van der Waals surface area contributed by atoms with Crippen LogP contribution in [0.15, 0.2) is 30.6 Å². The summed E-state index contributed by atoms with van der Waals surface area (Å²) in [5, 5.41) is 4.67. The SMILES string of the molecule is COc1c(N)cccc1-c1cnn(C2CC3(CCCC3)C[C@H]2OC)c1. The van der Waals surface area contributed by atoms with Gasteiger partial charge in [-0.15, -0.1) is 0 Å². The van der Waals surface area contributed by atoms with Gasteiger partial charge in [-0.05, 0) is 37.2 Å². The molecule has 2 N–H and O–H groups in total. The Kier molecular flexibility index (Phi) is 4.20. The van der Waals surface area contributed by atoms with Crippen LogP contribution in [0.5, 0.6) is 5.75 Å². The fraction of sp³-hybridized carbons (Fsp3) is 0.550. The number of aromatic nitrogens is 2. The van der Waals surface area contributed by atoms with Crippen LogP contribution >= 0.6 is 0 Å². The summed E-state index contributed by atoms with van der Waals surface area (Å²) in [5.41, 5.74) is 9.18. The predicted molar refractivity (Wildman–Crippen MR) is 98.6 cm³/mol. The molecule has 0 aliphatic heterocycles. The van der Waals surface area contributed by atoms with Gasteiger partial charge >= 0.3 is 0 Å². The number of hydrogen-bond acceptors (Lipinski definition) is 4. The third-order valence-corrected chi connectivity index (χ3v) is 6.17. The second-order valence-corrected chi connectivity index (χ2v) is 7.59. The average molecular weight is 341 g/mol. The molecule has 0 radical (unpaired) electrons. The summed E-state index contributed by atoms with van der Waals surface area (Å²) in [6.07, 6.45) is 12.0. The maximum absolute atomic E-state index is 6.05. The van der Waals surface area contributed by atoms with E-state index in [1.807, 2.05) is 31.5 Å². The van der Waals surface area contributed by atoms with Gasteiger partial charge in [-0.1, -0.05) is 25.0 Å². The molecule has 1 unspecified atom stereocenters. The lowest BCUT2D eigenvalue weighted by Gasteiger charge is -2.22. The Balaban J connectivity index is 1.64. The van der Waals surface area contributed by atoms with Crippen LogP contribution in [0, 0.1) is 5.41 Å². The van der Waals surface area contributed by atoms with Gasteiger partial charge in [0.15, 0.2) is 0 Å². The van der Waals surface area contributed by atoms with E-state index in [9.17, 15) is 0 Å². The first-order valence-corrected chi connectivity index (χ1v) is 9.16. The predicted octanol–water partition coefficient (Wildman–Crippen LogP) is 4.05. The second-order valence-electron chi connectivity index (χ2n) is 7.59. The lowest BCUT2D eigenvalue weighted by atomic mass is 9.84.